The molecule has 0 aliphatic rings. The maximum atomic E-state index is 12.0. The lowest BCUT2D eigenvalue weighted by molar-refractivity contribution is -0.113. The molecule has 0 bridgehead atoms. The van der Waals surface area contributed by atoms with Crippen molar-refractivity contribution in [1.29, 1.82) is 0 Å². The Labute approximate surface area is 160 Å². The van der Waals surface area contributed by atoms with Crippen LogP contribution in [0.4, 0.5) is 5.13 Å². The van der Waals surface area contributed by atoms with E-state index in [1.807, 2.05) is 18.4 Å². The van der Waals surface area contributed by atoms with Crippen LogP contribution >= 0.6 is 57.6 Å². The molecule has 3 rings (SSSR count). The summed E-state index contributed by atoms with van der Waals surface area (Å²) in [5.74, 6) is 0.124. The van der Waals surface area contributed by atoms with Crippen molar-refractivity contribution in [3.63, 3.8) is 0 Å². The average Bonchev–Trinajstić information content (AvgIpc) is 3.17. The van der Waals surface area contributed by atoms with Crippen LogP contribution in [0.1, 0.15) is 5.01 Å². The van der Waals surface area contributed by atoms with E-state index in [4.69, 9.17) is 23.2 Å². The number of thiazole rings is 1. The molecule has 24 heavy (non-hydrogen) atoms. The number of hydrogen-bond acceptors (Lipinski definition) is 7. The number of halogens is 2. The summed E-state index contributed by atoms with van der Waals surface area (Å²) in [7, 11) is 0. The standard InChI is InChI=1S/C14H10Cl2N4OS3/c1-7-19-20-14(24-7)23-6-12(21)18-13-17-11(5-22-13)8-2-3-9(15)10(16)4-8/h2-5H,6H2,1H3,(H,17,18,21). The van der Waals surface area contributed by atoms with Crippen molar-refractivity contribution < 1.29 is 4.79 Å². The van der Waals surface area contributed by atoms with Crippen LogP contribution in [0.25, 0.3) is 11.3 Å². The minimum atomic E-state index is -0.136. The van der Waals surface area contributed by atoms with Crippen molar-refractivity contribution in [2.75, 3.05) is 11.1 Å². The molecule has 1 aromatic carbocycles. The Bertz CT molecular complexity index is 881. The topological polar surface area (TPSA) is 67.8 Å². The summed E-state index contributed by atoms with van der Waals surface area (Å²) in [5, 5.41) is 14.9. The van der Waals surface area contributed by atoms with Gasteiger partial charge < -0.3 is 5.32 Å². The number of nitrogens with zero attached hydrogens (tertiary/aromatic N) is 3. The van der Waals surface area contributed by atoms with Gasteiger partial charge in [0.2, 0.25) is 5.91 Å². The van der Waals surface area contributed by atoms with Crippen molar-refractivity contribution in [1.82, 2.24) is 15.2 Å². The van der Waals surface area contributed by atoms with E-state index < -0.39 is 0 Å². The van der Waals surface area contributed by atoms with Crippen LogP contribution in [-0.2, 0) is 4.79 Å². The Kier molecular flexibility index (Phi) is 5.72. The fourth-order valence-corrected chi connectivity index (χ4v) is 4.39. The van der Waals surface area contributed by atoms with Gasteiger partial charge in [0, 0.05) is 10.9 Å². The molecule has 0 fully saturated rings. The molecule has 10 heteroatoms. The minimum Gasteiger partial charge on any atom is -0.301 e. The van der Waals surface area contributed by atoms with Gasteiger partial charge in [0.15, 0.2) is 9.47 Å². The first-order chi connectivity index (χ1) is 11.5. The first-order valence-electron chi connectivity index (χ1n) is 6.65. The van der Waals surface area contributed by atoms with Crippen molar-refractivity contribution >= 4 is 68.7 Å². The molecule has 1 amide bonds. The number of anilines is 1. The number of thioether (sulfide) groups is 1. The van der Waals surface area contributed by atoms with Gasteiger partial charge in [-0.3, -0.25) is 4.79 Å². The summed E-state index contributed by atoms with van der Waals surface area (Å²) in [6.45, 7) is 1.88. The molecule has 0 saturated carbocycles. The molecule has 0 radical (unpaired) electrons. The lowest BCUT2D eigenvalue weighted by atomic mass is 10.2. The minimum absolute atomic E-state index is 0.136. The van der Waals surface area contributed by atoms with Gasteiger partial charge in [-0.05, 0) is 19.1 Å². The van der Waals surface area contributed by atoms with Crippen LogP contribution < -0.4 is 5.32 Å². The smallest absolute Gasteiger partial charge is 0.236 e. The second kappa shape index (κ2) is 7.79. The number of amides is 1. The molecule has 124 valence electrons. The number of aromatic nitrogens is 3. The van der Waals surface area contributed by atoms with Gasteiger partial charge in [0.25, 0.3) is 0 Å². The van der Waals surface area contributed by atoms with Crippen molar-refractivity contribution in [3.05, 3.63) is 38.6 Å². The molecule has 1 N–H and O–H groups in total. The zero-order chi connectivity index (χ0) is 17.1. The number of rotatable bonds is 5. The normalized spacial score (nSPS) is 10.8. The third kappa shape index (κ3) is 4.46. The molecule has 0 spiro atoms. The summed E-state index contributed by atoms with van der Waals surface area (Å²) in [6, 6.07) is 5.30. The van der Waals surface area contributed by atoms with E-state index in [0.29, 0.717) is 15.2 Å². The highest BCUT2D eigenvalue weighted by Gasteiger charge is 2.11. The Morgan fingerprint density at radius 2 is 2.12 bits per heavy atom. The largest absolute Gasteiger partial charge is 0.301 e. The molecule has 3 aromatic rings. The molecule has 0 saturated heterocycles. The van der Waals surface area contributed by atoms with Gasteiger partial charge in [-0.25, -0.2) is 4.98 Å². The summed E-state index contributed by atoms with van der Waals surface area (Å²) in [5.41, 5.74) is 1.58. The van der Waals surface area contributed by atoms with Gasteiger partial charge in [-0.2, -0.15) is 0 Å². The number of carbonyl (C=O) groups is 1. The fourth-order valence-electron chi connectivity index (χ4n) is 1.74. The van der Waals surface area contributed by atoms with E-state index >= 15 is 0 Å². The molecule has 0 atom stereocenters. The monoisotopic (exact) mass is 416 g/mol. The summed E-state index contributed by atoms with van der Waals surface area (Å²) in [4.78, 5) is 16.4. The third-order valence-corrected chi connectivity index (χ3v) is 6.27. The first kappa shape index (κ1) is 17.6. The lowest BCUT2D eigenvalue weighted by Crippen LogP contribution is -2.13. The number of carbonyl (C=O) groups excluding carboxylic acids is 1. The van der Waals surface area contributed by atoms with E-state index in [1.165, 1.54) is 34.4 Å². The summed E-state index contributed by atoms with van der Waals surface area (Å²) in [6.07, 6.45) is 0. The quantitative estimate of drug-likeness (QED) is 0.592. The Balaban J connectivity index is 1.60. The van der Waals surface area contributed by atoms with Crippen molar-refractivity contribution in [2.24, 2.45) is 0 Å². The number of nitrogens with one attached hydrogen (secondary N) is 1. The van der Waals surface area contributed by atoms with Gasteiger partial charge in [-0.1, -0.05) is 52.4 Å². The third-order valence-electron chi connectivity index (χ3n) is 2.80. The van der Waals surface area contributed by atoms with Crippen LogP contribution in [0.3, 0.4) is 0 Å². The van der Waals surface area contributed by atoms with Crippen molar-refractivity contribution in [3.8, 4) is 11.3 Å². The second-order valence-electron chi connectivity index (χ2n) is 4.59. The van der Waals surface area contributed by atoms with E-state index in [1.54, 1.807) is 12.1 Å². The maximum Gasteiger partial charge on any atom is 0.236 e. The first-order valence-corrected chi connectivity index (χ1v) is 10.1. The molecular weight excluding hydrogens is 407 g/mol. The van der Waals surface area contributed by atoms with Crippen LogP contribution in [0.15, 0.2) is 27.9 Å². The number of aryl methyl sites for hydroxylation is 1. The van der Waals surface area contributed by atoms with Gasteiger partial charge in [0.1, 0.15) is 5.01 Å². The summed E-state index contributed by atoms with van der Waals surface area (Å²) >= 11 is 16.1. The molecule has 2 aromatic heterocycles. The fraction of sp³-hybridized carbons (Fsp3) is 0.143. The Morgan fingerprint density at radius 1 is 1.29 bits per heavy atom. The number of hydrogen-bond donors (Lipinski definition) is 1. The SMILES string of the molecule is Cc1nnc(SCC(=O)Nc2nc(-c3ccc(Cl)c(Cl)c3)cs2)s1. The zero-order valence-corrected chi connectivity index (χ0v) is 16.2. The van der Waals surface area contributed by atoms with Gasteiger partial charge in [0.05, 0.1) is 21.5 Å². The van der Waals surface area contributed by atoms with E-state index in [0.717, 1.165) is 20.6 Å². The molecule has 5 nitrogen and oxygen atoms in total. The predicted molar refractivity (Wildman–Crippen MR) is 102 cm³/mol. The van der Waals surface area contributed by atoms with Gasteiger partial charge >= 0.3 is 0 Å². The second-order valence-corrected chi connectivity index (χ2v) is 8.67. The predicted octanol–water partition coefficient (Wildman–Crippen LogP) is 5.01. The molecule has 0 aliphatic carbocycles. The summed E-state index contributed by atoms with van der Waals surface area (Å²) < 4.78 is 0.776. The van der Waals surface area contributed by atoms with E-state index in [9.17, 15) is 4.79 Å². The highest BCUT2D eigenvalue weighted by atomic mass is 35.5. The zero-order valence-electron chi connectivity index (χ0n) is 12.2. The highest BCUT2D eigenvalue weighted by molar-refractivity contribution is 8.01. The van der Waals surface area contributed by atoms with Crippen LogP contribution in [-0.4, -0.2) is 26.8 Å². The molecule has 0 unspecified atom stereocenters. The van der Waals surface area contributed by atoms with Gasteiger partial charge in [-0.15, -0.1) is 21.5 Å². The van der Waals surface area contributed by atoms with Crippen LogP contribution in [0, 0.1) is 6.92 Å². The van der Waals surface area contributed by atoms with E-state index in [-0.39, 0.29) is 11.7 Å². The lowest BCUT2D eigenvalue weighted by Gasteiger charge is -2.01. The van der Waals surface area contributed by atoms with Crippen LogP contribution in [0.5, 0.6) is 0 Å². The molecular formula is C14H10Cl2N4OS3. The Morgan fingerprint density at radius 3 is 2.83 bits per heavy atom. The molecule has 0 aliphatic heterocycles. The molecule has 2 heterocycles. The van der Waals surface area contributed by atoms with Crippen molar-refractivity contribution in [2.45, 2.75) is 11.3 Å². The van der Waals surface area contributed by atoms with E-state index in [2.05, 4.69) is 20.5 Å². The maximum absolute atomic E-state index is 12.0. The number of benzene rings is 1. The van der Waals surface area contributed by atoms with Crippen LogP contribution in [0.2, 0.25) is 10.0 Å². The Hall–Kier alpha value is -1.19. The average molecular weight is 417 g/mol. The highest BCUT2D eigenvalue weighted by Crippen LogP contribution is 2.30.